The van der Waals surface area contributed by atoms with E-state index in [2.05, 4.69) is 5.32 Å². The molecule has 2 N–H and O–H groups in total. The van der Waals surface area contributed by atoms with Crippen molar-refractivity contribution in [3.63, 3.8) is 0 Å². The van der Waals surface area contributed by atoms with Crippen molar-refractivity contribution in [2.75, 3.05) is 19.6 Å². The SMILES string of the molecule is CC1CCN(C(=O)CNC(=O)c2cccc(F)c2)CC1O. The Labute approximate surface area is 122 Å². The van der Waals surface area contributed by atoms with Gasteiger partial charge in [-0.05, 0) is 30.5 Å². The molecule has 2 rings (SSSR count). The summed E-state index contributed by atoms with van der Waals surface area (Å²) in [5.74, 6) is -1.06. The van der Waals surface area contributed by atoms with Crippen LogP contribution in [0.2, 0.25) is 0 Å². The maximum atomic E-state index is 13.0. The fraction of sp³-hybridized carbons (Fsp3) is 0.467. The first-order chi connectivity index (χ1) is 9.97. The number of piperidine rings is 1. The van der Waals surface area contributed by atoms with Crippen molar-refractivity contribution in [2.24, 2.45) is 5.92 Å². The summed E-state index contributed by atoms with van der Waals surface area (Å²) in [5, 5.41) is 12.2. The van der Waals surface area contributed by atoms with Crippen molar-refractivity contribution in [2.45, 2.75) is 19.4 Å². The van der Waals surface area contributed by atoms with E-state index < -0.39 is 17.8 Å². The molecule has 6 heteroatoms. The summed E-state index contributed by atoms with van der Waals surface area (Å²) in [4.78, 5) is 25.3. The molecule has 0 aromatic heterocycles. The van der Waals surface area contributed by atoms with E-state index in [1.165, 1.54) is 23.1 Å². The number of carbonyl (C=O) groups excluding carboxylic acids is 2. The van der Waals surface area contributed by atoms with Crippen molar-refractivity contribution in [3.8, 4) is 0 Å². The number of hydrogen-bond acceptors (Lipinski definition) is 3. The minimum absolute atomic E-state index is 0.156. The Bertz CT molecular complexity index is 535. The van der Waals surface area contributed by atoms with Crippen molar-refractivity contribution in [3.05, 3.63) is 35.6 Å². The van der Waals surface area contributed by atoms with Crippen molar-refractivity contribution in [1.29, 1.82) is 0 Å². The molecule has 1 fully saturated rings. The predicted octanol–water partition coefficient (Wildman–Crippen LogP) is 0.785. The summed E-state index contributed by atoms with van der Waals surface area (Å²) in [6.07, 6.45) is 0.215. The number of aliphatic hydroxyl groups is 1. The number of halogens is 1. The van der Waals surface area contributed by atoms with Gasteiger partial charge in [0.15, 0.2) is 0 Å². The van der Waals surface area contributed by atoms with E-state index in [-0.39, 0.29) is 30.5 Å². The molecule has 1 saturated heterocycles. The van der Waals surface area contributed by atoms with Crippen LogP contribution in [0.1, 0.15) is 23.7 Å². The van der Waals surface area contributed by atoms with Gasteiger partial charge in [0.1, 0.15) is 5.82 Å². The van der Waals surface area contributed by atoms with Gasteiger partial charge >= 0.3 is 0 Å². The maximum Gasteiger partial charge on any atom is 0.251 e. The Hall–Kier alpha value is -1.95. The van der Waals surface area contributed by atoms with Crippen molar-refractivity contribution >= 4 is 11.8 Å². The Balaban J connectivity index is 1.85. The first kappa shape index (κ1) is 15.4. The quantitative estimate of drug-likeness (QED) is 0.866. The van der Waals surface area contributed by atoms with Gasteiger partial charge in [-0.1, -0.05) is 13.0 Å². The Morgan fingerprint density at radius 3 is 2.90 bits per heavy atom. The zero-order valence-electron chi connectivity index (χ0n) is 11.9. The van der Waals surface area contributed by atoms with Gasteiger partial charge in [-0.3, -0.25) is 9.59 Å². The molecule has 2 amide bonds. The fourth-order valence-corrected chi connectivity index (χ4v) is 2.27. The molecule has 1 heterocycles. The lowest BCUT2D eigenvalue weighted by Crippen LogP contribution is -2.49. The number of β-amino-alcohol motifs (C(OH)–C–C–N with tert-alkyl or cyclic N) is 1. The molecule has 0 radical (unpaired) electrons. The minimum atomic E-state index is -0.526. The predicted molar refractivity (Wildman–Crippen MR) is 75.1 cm³/mol. The molecule has 2 atom stereocenters. The zero-order valence-corrected chi connectivity index (χ0v) is 11.9. The minimum Gasteiger partial charge on any atom is -0.391 e. The van der Waals surface area contributed by atoms with Crippen molar-refractivity contribution < 1.29 is 19.1 Å². The number of aliphatic hydroxyl groups excluding tert-OH is 1. The molecule has 1 aliphatic heterocycles. The summed E-state index contributed by atoms with van der Waals surface area (Å²) in [7, 11) is 0. The van der Waals surface area contributed by atoms with Crippen molar-refractivity contribution in [1.82, 2.24) is 10.2 Å². The van der Waals surface area contributed by atoms with E-state index in [1.54, 1.807) is 0 Å². The van der Waals surface area contributed by atoms with Gasteiger partial charge in [-0.15, -0.1) is 0 Å². The molecule has 1 aliphatic rings. The van der Waals surface area contributed by atoms with Gasteiger partial charge in [0.2, 0.25) is 5.91 Å². The van der Waals surface area contributed by atoms with Gasteiger partial charge in [0, 0.05) is 18.7 Å². The number of nitrogens with zero attached hydrogens (tertiary/aromatic N) is 1. The first-order valence-electron chi connectivity index (χ1n) is 6.97. The summed E-state index contributed by atoms with van der Waals surface area (Å²) >= 11 is 0. The monoisotopic (exact) mass is 294 g/mol. The van der Waals surface area contributed by atoms with Crippen LogP contribution < -0.4 is 5.32 Å². The molecule has 0 saturated carbocycles. The van der Waals surface area contributed by atoms with Gasteiger partial charge in [0.25, 0.3) is 5.91 Å². The first-order valence-corrected chi connectivity index (χ1v) is 6.97. The highest BCUT2D eigenvalue weighted by Crippen LogP contribution is 2.16. The summed E-state index contributed by atoms with van der Waals surface area (Å²) in [5.41, 5.74) is 0.176. The molecule has 21 heavy (non-hydrogen) atoms. The molecule has 5 nitrogen and oxygen atoms in total. The second kappa shape index (κ2) is 6.67. The number of likely N-dealkylation sites (tertiary alicyclic amines) is 1. The highest BCUT2D eigenvalue weighted by molar-refractivity contribution is 5.96. The molecule has 2 unspecified atom stereocenters. The average Bonchev–Trinajstić information content (AvgIpc) is 2.47. The summed E-state index contributed by atoms with van der Waals surface area (Å²) in [6.45, 7) is 2.65. The number of benzene rings is 1. The maximum absolute atomic E-state index is 13.0. The number of amides is 2. The Kier molecular flexibility index (Phi) is 4.90. The third kappa shape index (κ3) is 4.01. The molecule has 0 spiro atoms. The molecule has 1 aromatic carbocycles. The van der Waals surface area contributed by atoms with E-state index in [0.29, 0.717) is 6.54 Å². The zero-order chi connectivity index (χ0) is 15.4. The van der Waals surface area contributed by atoms with Crippen LogP contribution in [0.25, 0.3) is 0 Å². The third-order valence-electron chi connectivity index (χ3n) is 3.76. The molecular weight excluding hydrogens is 275 g/mol. The number of rotatable bonds is 3. The Morgan fingerprint density at radius 2 is 2.24 bits per heavy atom. The highest BCUT2D eigenvalue weighted by Gasteiger charge is 2.27. The number of hydrogen-bond donors (Lipinski definition) is 2. The fourth-order valence-electron chi connectivity index (χ4n) is 2.27. The van der Waals surface area contributed by atoms with Gasteiger partial charge in [0.05, 0.1) is 12.6 Å². The standard InChI is InChI=1S/C15H19FN2O3/c1-10-5-6-18(9-13(10)19)14(20)8-17-15(21)11-3-2-4-12(16)7-11/h2-4,7,10,13,19H,5-6,8-9H2,1H3,(H,17,21). The van der Waals surface area contributed by atoms with Crippen LogP contribution in [0.4, 0.5) is 4.39 Å². The van der Waals surface area contributed by atoms with E-state index >= 15 is 0 Å². The van der Waals surface area contributed by atoms with E-state index in [9.17, 15) is 19.1 Å². The molecular formula is C15H19FN2O3. The van der Waals surface area contributed by atoms with Crippen LogP contribution in [0.15, 0.2) is 24.3 Å². The van der Waals surface area contributed by atoms with Crippen LogP contribution in [-0.4, -0.2) is 47.6 Å². The van der Waals surface area contributed by atoms with Crippen LogP contribution in [-0.2, 0) is 4.79 Å². The van der Waals surface area contributed by atoms with E-state index in [1.807, 2.05) is 6.92 Å². The van der Waals surface area contributed by atoms with Crippen LogP contribution in [0.5, 0.6) is 0 Å². The van der Waals surface area contributed by atoms with Crippen LogP contribution in [0.3, 0.4) is 0 Å². The number of carbonyl (C=O) groups is 2. The molecule has 0 aliphatic carbocycles. The second-order valence-electron chi connectivity index (χ2n) is 5.37. The number of nitrogens with one attached hydrogen (secondary N) is 1. The molecule has 0 bridgehead atoms. The lowest BCUT2D eigenvalue weighted by molar-refractivity contribution is -0.134. The normalized spacial score (nSPS) is 22.0. The molecule has 114 valence electrons. The van der Waals surface area contributed by atoms with Gasteiger partial charge in [-0.2, -0.15) is 0 Å². The second-order valence-corrected chi connectivity index (χ2v) is 5.37. The average molecular weight is 294 g/mol. The smallest absolute Gasteiger partial charge is 0.251 e. The Morgan fingerprint density at radius 1 is 1.48 bits per heavy atom. The highest BCUT2D eigenvalue weighted by atomic mass is 19.1. The molecule has 1 aromatic rings. The van der Waals surface area contributed by atoms with Crippen LogP contribution >= 0.6 is 0 Å². The largest absolute Gasteiger partial charge is 0.391 e. The van der Waals surface area contributed by atoms with E-state index in [4.69, 9.17) is 0 Å². The third-order valence-corrected chi connectivity index (χ3v) is 3.76. The summed E-state index contributed by atoms with van der Waals surface area (Å²) < 4.78 is 13.0. The van der Waals surface area contributed by atoms with Gasteiger partial charge in [-0.25, -0.2) is 4.39 Å². The van der Waals surface area contributed by atoms with Gasteiger partial charge < -0.3 is 15.3 Å². The van der Waals surface area contributed by atoms with E-state index in [0.717, 1.165) is 12.5 Å². The lowest BCUT2D eigenvalue weighted by Gasteiger charge is -2.34. The summed E-state index contributed by atoms with van der Waals surface area (Å²) in [6, 6.07) is 5.29. The lowest BCUT2D eigenvalue weighted by atomic mass is 9.96. The topological polar surface area (TPSA) is 69.6 Å². The van der Waals surface area contributed by atoms with Crippen LogP contribution in [0, 0.1) is 11.7 Å².